The van der Waals surface area contributed by atoms with E-state index in [1.54, 1.807) is 12.0 Å². The molecule has 1 aromatic rings. The van der Waals surface area contributed by atoms with Crippen LogP contribution in [0.3, 0.4) is 0 Å². The molecule has 0 aliphatic carbocycles. The summed E-state index contributed by atoms with van der Waals surface area (Å²) in [5, 5.41) is 8.94. The number of carboxylic acid groups (broad SMARTS) is 1. The van der Waals surface area contributed by atoms with Crippen molar-refractivity contribution in [1.29, 1.82) is 0 Å². The van der Waals surface area contributed by atoms with Crippen molar-refractivity contribution in [1.82, 2.24) is 4.90 Å². The number of amides is 1. The van der Waals surface area contributed by atoms with Gasteiger partial charge in [0.15, 0.2) is 6.10 Å². The van der Waals surface area contributed by atoms with Crippen molar-refractivity contribution in [3.05, 3.63) is 29.8 Å². The molecule has 6 heteroatoms. The number of ether oxygens (including phenoxy) is 2. The van der Waals surface area contributed by atoms with Crippen molar-refractivity contribution in [2.75, 3.05) is 26.8 Å². The van der Waals surface area contributed by atoms with Crippen LogP contribution in [0.2, 0.25) is 0 Å². The predicted molar refractivity (Wildman–Crippen MR) is 84.5 cm³/mol. The van der Waals surface area contributed by atoms with Crippen LogP contribution in [0, 0.1) is 0 Å². The van der Waals surface area contributed by atoms with E-state index in [-0.39, 0.29) is 19.1 Å². The van der Waals surface area contributed by atoms with Crippen LogP contribution in [0.4, 0.5) is 0 Å². The lowest BCUT2D eigenvalue weighted by molar-refractivity contribution is -0.159. The van der Waals surface area contributed by atoms with Gasteiger partial charge in [0.05, 0.1) is 20.3 Å². The van der Waals surface area contributed by atoms with Gasteiger partial charge < -0.3 is 19.5 Å². The minimum absolute atomic E-state index is 0.00859. The fourth-order valence-electron chi connectivity index (χ4n) is 2.58. The average Bonchev–Trinajstić information content (AvgIpc) is 2.59. The predicted octanol–water partition coefficient (Wildman–Crippen LogP) is 1.72. The van der Waals surface area contributed by atoms with E-state index in [0.717, 1.165) is 25.0 Å². The Labute approximate surface area is 136 Å². The fraction of sp³-hybridized carbons (Fsp3) is 0.529. The van der Waals surface area contributed by atoms with E-state index < -0.39 is 12.1 Å². The second kappa shape index (κ2) is 8.53. The van der Waals surface area contributed by atoms with Crippen LogP contribution < -0.4 is 4.74 Å². The van der Waals surface area contributed by atoms with E-state index in [0.29, 0.717) is 13.0 Å². The lowest BCUT2D eigenvalue weighted by Crippen LogP contribution is -2.48. The molecular formula is C17H23NO5. The summed E-state index contributed by atoms with van der Waals surface area (Å²) in [5.74, 6) is -0.166. The van der Waals surface area contributed by atoms with Gasteiger partial charge in [-0.05, 0) is 37.0 Å². The highest BCUT2D eigenvalue weighted by molar-refractivity contribution is 5.78. The maximum Gasteiger partial charge on any atom is 0.334 e. The molecule has 1 amide bonds. The minimum Gasteiger partial charge on any atom is -0.497 e. The summed E-state index contributed by atoms with van der Waals surface area (Å²) in [6.07, 6.45) is 2.18. The lowest BCUT2D eigenvalue weighted by atomic mass is 10.1. The van der Waals surface area contributed by atoms with Crippen LogP contribution in [-0.2, 0) is 20.7 Å². The molecule has 0 radical (unpaired) electrons. The molecule has 0 spiro atoms. The molecule has 1 fully saturated rings. The van der Waals surface area contributed by atoms with Gasteiger partial charge in [-0.25, -0.2) is 4.79 Å². The molecule has 1 N–H and O–H groups in total. The van der Waals surface area contributed by atoms with Crippen LogP contribution in [0.25, 0.3) is 0 Å². The van der Waals surface area contributed by atoms with Gasteiger partial charge in [-0.2, -0.15) is 0 Å². The van der Waals surface area contributed by atoms with Crippen LogP contribution >= 0.6 is 0 Å². The standard InChI is InChI=1S/C17H23NO5/c1-22-14-8-6-13(7-9-14)4-2-3-5-16(19)18-10-11-23-15(12-18)17(20)21/h6-9,15H,2-5,10-12H2,1H3,(H,20,21)/t15-/m0/s1. The summed E-state index contributed by atoms with van der Waals surface area (Å²) in [6, 6.07) is 7.92. The highest BCUT2D eigenvalue weighted by Gasteiger charge is 2.28. The molecule has 1 atom stereocenters. The van der Waals surface area contributed by atoms with Crippen molar-refractivity contribution in [2.45, 2.75) is 31.8 Å². The molecule has 1 aliphatic rings. The Hall–Kier alpha value is -2.08. The topological polar surface area (TPSA) is 76.1 Å². The molecule has 0 unspecified atom stereocenters. The van der Waals surface area contributed by atoms with E-state index in [2.05, 4.69) is 0 Å². The van der Waals surface area contributed by atoms with E-state index in [4.69, 9.17) is 14.6 Å². The number of unbranched alkanes of at least 4 members (excludes halogenated alkanes) is 1. The van der Waals surface area contributed by atoms with E-state index in [9.17, 15) is 9.59 Å². The van der Waals surface area contributed by atoms with Crippen molar-refractivity contribution in [3.8, 4) is 5.75 Å². The second-order valence-corrected chi connectivity index (χ2v) is 5.59. The molecule has 1 heterocycles. The van der Waals surface area contributed by atoms with Gasteiger partial charge in [-0.3, -0.25) is 4.79 Å². The number of carbonyl (C=O) groups excluding carboxylic acids is 1. The van der Waals surface area contributed by atoms with Crippen molar-refractivity contribution in [3.63, 3.8) is 0 Å². The van der Waals surface area contributed by atoms with Gasteiger partial charge in [0, 0.05) is 13.0 Å². The fourth-order valence-corrected chi connectivity index (χ4v) is 2.58. The Balaban J connectivity index is 1.68. The van der Waals surface area contributed by atoms with Gasteiger partial charge in [-0.1, -0.05) is 12.1 Å². The van der Waals surface area contributed by atoms with Crippen LogP contribution in [0.5, 0.6) is 5.75 Å². The number of aliphatic carboxylic acids is 1. The van der Waals surface area contributed by atoms with Gasteiger partial charge >= 0.3 is 5.97 Å². The molecule has 23 heavy (non-hydrogen) atoms. The Bertz CT molecular complexity index is 528. The number of carbonyl (C=O) groups is 2. The zero-order valence-corrected chi connectivity index (χ0v) is 13.4. The second-order valence-electron chi connectivity index (χ2n) is 5.59. The lowest BCUT2D eigenvalue weighted by Gasteiger charge is -2.30. The number of methoxy groups -OCH3 is 1. The third-order valence-corrected chi connectivity index (χ3v) is 3.96. The molecule has 0 bridgehead atoms. The Kier molecular flexibility index (Phi) is 6.40. The van der Waals surface area contributed by atoms with Crippen molar-refractivity contribution >= 4 is 11.9 Å². The molecule has 6 nitrogen and oxygen atoms in total. The van der Waals surface area contributed by atoms with E-state index in [1.165, 1.54) is 5.56 Å². The Morgan fingerprint density at radius 3 is 2.70 bits per heavy atom. The van der Waals surface area contributed by atoms with Gasteiger partial charge in [0.1, 0.15) is 5.75 Å². The molecule has 0 aromatic heterocycles. The zero-order valence-electron chi connectivity index (χ0n) is 13.4. The number of hydrogen-bond donors (Lipinski definition) is 1. The molecule has 0 saturated carbocycles. The van der Waals surface area contributed by atoms with Crippen LogP contribution in [-0.4, -0.2) is 54.8 Å². The summed E-state index contributed by atoms with van der Waals surface area (Å²) < 4.78 is 10.2. The summed E-state index contributed by atoms with van der Waals surface area (Å²) in [7, 11) is 1.64. The first kappa shape index (κ1) is 17.3. The van der Waals surface area contributed by atoms with Gasteiger partial charge in [-0.15, -0.1) is 0 Å². The van der Waals surface area contributed by atoms with Crippen molar-refractivity contribution < 1.29 is 24.2 Å². The first-order chi connectivity index (χ1) is 11.1. The summed E-state index contributed by atoms with van der Waals surface area (Å²) in [5.41, 5.74) is 1.22. The zero-order chi connectivity index (χ0) is 16.7. The number of nitrogens with zero attached hydrogens (tertiary/aromatic N) is 1. The quantitative estimate of drug-likeness (QED) is 0.774. The summed E-state index contributed by atoms with van der Waals surface area (Å²) >= 11 is 0. The molecule has 1 aromatic carbocycles. The van der Waals surface area contributed by atoms with Gasteiger partial charge in [0.25, 0.3) is 0 Å². The Morgan fingerprint density at radius 2 is 2.04 bits per heavy atom. The number of aryl methyl sites for hydroxylation is 1. The summed E-state index contributed by atoms with van der Waals surface area (Å²) in [4.78, 5) is 24.6. The smallest absolute Gasteiger partial charge is 0.334 e. The number of rotatable bonds is 7. The molecule has 1 saturated heterocycles. The number of hydrogen-bond acceptors (Lipinski definition) is 4. The highest BCUT2D eigenvalue weighted by atomic mass is 16.5. The van der Waals surface area contributed by atoms with E-state index in [1.807, 2.05) is 24.3 Å². The summed E-state index contributed by atoms with van der Waals surface area (Å²) in [6.45, 7) is 0.905. The third kappa shape index (κ3) is 5.25. The van der Waals surface area contributed by atoms with E-state index >= 15 is 0 Å². The maximum atomic E-state index is 12.1. The minimum atomic E-state index is -1.01. The first-order valence-electron chi connectivity index (χ1n) is 7.85. The largest absolute Gasteiger partial charge is 0.497 e. The number of carboxylic acids is 1. The molecule has 2 rings (SSSR count). The highest BCUT2D eigenvalue weighted by Crippen LogP contribution is 2.14. The van der Waals surface area contributed by atoms with Crippen LogP contribution in [0.15, 0.2) is 24.3 Å². The third-order valence-electron chi connectivity index (χ3n) is 3.96. The maximum absolute atomic E-state index is 12.1. The monoisotopic (exact) mass is 321 g/mol. The number of benzene rings is 1. The Morgan fingerprint density at radius 1 is 1.30 bits per heavy atom. The molecular weight excluding hydrogens is 298 g/mol. The SMILES string of the molecule is COc1ccc(CCCCC(=O)N2CCO[C@H](C(=O)O)C2)cc1. The average molecular weight is 321 g/mol. The molecule has 126 valence electrons. The molecule has 1 aliphatic heterocycles. The van der Waals surface area contributed by atoms with Gasteiger partial charge in [0.2, 0.25) is 5.91 Å². The normalized spacial score (nSPS) is 17.8. The van der Waals surface area contributed by atoms with Crippen molar-refractivity contribution in [2.24, 2.45) is 0 Å². The number of morpholine rings is 1. The first-order valence-corrected chi connectivity index (χ1v) is 7.85. The van der Waals surface area contributed by atoms with Crippen LogP contribution in [0.1, 0.15) is 24.8 Å².